The molecule has 0 radical (unpaired) electrons. The summed E-state index contributed by atoms with van der Waals surface area (Å²) in [6, 6.07) is 0. The predicted molar refractivity (Wildman–Crippen MR) is 82.2 cm³/mol. The van der Waals surface area contributed by atoms with Crippen LogP contribution in [0.4, 0.5) is 0 Å². The number of thiophene rings is 2. The van der Waals surface area contributed by atoms with E-state index in [0.717, 1.165) is 46.6 Å². The van der Waals surface area contributed by atoms with Gasteiger partial charge in [-0.25, -0.2) is 0 Å². The van der Waals surface area contributed by atoms with Crippen LogP contribution in [-0.4, -0.2) is 11.6 Å². The van der Waals surface area contributed by atoms with Crippen molar-refractivity contribution in [3.8, 4) is 9.75 Å². The van der Waals surface area contributed by atoms with Crippen LogP contribution in [0.25, 0.3) is 9.75 Å². The molecule has 2 nitrogen and oxygen atoms in total. The standard InChI is InChI=1S/C16H14O2S2/c17-11-5-1-3-9-7-19-15(13(9)11)16-14-10(8-20-16)4-2-6-12(14)18/h7-8H,1-6H2. The molecule has 0 saturated carbocycles. The van der Waals surface area contributed by atoms with Crippen LogP contribution in [0.5, 0.6) is 0 Å². The summed E-state index contributed by atoms with van der Waals surface area (Å²) in [5.74, 6) is 0.515. The fourth-order valence-corrected chi connectivity index (χ4v) is 5.65. The predicted octanol–water partition coefficient (Wildman–Crippen LogP) is 4.51. The molecule has 0 aliphatic heterocycles. The minimum Gasteiger partial charge on any atom is -0.294 e. The SMILES string of the molecule is O=C1CCCc2csc(-c3scc4c3C(=O)CCC4)c21. The van der Waals surface area contributed by atoms with Gasteiger partial charge in [-0.05, 0) is 47.6 Å². The first-order valence-corrected chi connectivity index (χ1v) is 8.79. The molecule has 2 heterocycles. The van der Waals surface area contributed by atoms with Gasteiger partial charge in [-0.3, -0.25) is 9.59 Å². The highest BCUT2D eigenvalue weighted by Gasteiger charge is 2.29. The third-order valence-electron chi connectivity index (χ3n) is 4.20. The van der Waals surface area contributed by atoms with Crippen molar-refractivity contribution in [1.29, 1.82) is 0 Å². The Morgan fingerprint density at radius 2 is 1.15 bits per heavy atom. The minimum atomic E-state index is 0.257. The zero-order valence-corrected chi connectivity index (χ0v) is 12.7. The van der Waals surface area contributed by atoms with Crippen molar-refractivity contribution in [2.75, 3.05) is 0 Å². The summed E-state index contributed by atoms with van der Waals surface area (Å²) in [5, 5.41) is 4.22. The van der Waals surface area contributed by atoms with Crippen molar-refractivity contribution < 1.29 is 9.59 Å². The lowest BCUT2D eigenvalue weighted by atomic mass is 9.89. The smallest absolute Gasteiger partial charge is 0.164 e. The van der Waals surface area contributed by atoms with Crippen LogP contribution in [0.3, 0.4) is 0 Å². The average molecular weight is 302 g/mol. The fourth-order valence-electron chi connectivity index (χ4n) is 3.23. The molecule has 4 heteroatoms. The van der Waals surface area contributed by atoms with Crippen LogP contribution in [0.2, 0.25) is 0 Å². The van der Waals surface area contributed by atoms with E-state index in [4.69, 9.17) is 0 Å². The molecule has 0 aromatic carbocycles. The Bertz CT molecular complexity index is 659. The maximum absolute atomic E-state index is 12.2. The molecule has 0 unspecified atom stereocenters. The molecule has 0 bridgehead atoms. The second kappa shape index (κ2) is 4.64. The van der Waals surface area contributed by atoms with E-state index in [1.165, 1.54) is 11.1 Å². The minimum absolute atomic E-state index is 0.257. The second-order valence-electron chi connectivity index (χ2n) is 5.48. The molecule has 4 rings (SSSR count). The molecule has 2 aromatic rings. The Morgan fingerprint density at radius 1 is 0.700 bits per heavy atom. The molecule has 2 aromatic heterocycles. The first kappa shape index (κ1) is 12.5. The lowest BCUT2D eigenvalue weighted by molar-refractivity contribution is 0.0964. The highest BCUT2D eigenvalue weighted by Crippen LogP contribution is 2.44. The van der Waals surface area contributed by atoms with Crippen molar-refractivity contribution in [2.24, 2.45) is 0 Å². The first-order valence-electron chi connectivity index (χ1n) is 7.03. The number of ketones is 2. The van der Waals surface area contributed by atoms with Gasteiger partial charge in [0.25, 0.3) is 0 Å². The maximum Gasteiger partial charge on any atom is 0.164 e. The number of hydrogen-bond donors (Lipinski definition) is 0. The van der Waals surface area contributed by atoms with Gasteiger partial charge in [0.15, 0.2) is 11.6 Å². The summed E-state index contributed by atoms with van der Waals surface area (Å²) in [7, 11) is 0. The Hall–Kier alpha value is -1.26. The van der Waals surface area contributed by atoms with Crippen molar-refractivity contribution in [3.63, 3.8) is 0 Å². The van der Waals surface area contributed by atoms with E-state index in [9.17, 15) is 9.59 Å². The molecule has 102 valence electrons. The fraction of sp³-hybridized carbons (Fsp3) is 0.375. The van der Waals surface area contributed by atoms with Crippen LogP contribution in [0.1, 0.15) is 57.5 Å². The van der Waals surface area contributed by atoms with Crippen molar-refractivity contribution >= 4 is 34.2 Å². The number of carbonyl (C=O) groups excluding carboxylic acids is 2. The Kier molecular flexibility index (Phi) is 2.89. The summed E-state index contributed by atoms with van der Waals surface area (Å²) < 4.78 is 0. The molecule has 0 fully saturated rings. The second-order valence-corrected chi connectivity index (χ2v) is 7.24. The zero-order valence-electron chi connectivity index (χ0n) is 11.0. The number of rotatable bonds is 1. The largest absolute Gasteiger partial charge is 0.294 e. The van der Waals surface area contributed by atoms with Gasteiger partial charge < -0.3 is 0 Å². The van der Waals surface area contributed by atoms with Crippen molar-refractivity contribution in [1.82, 2.24) is 0 Å². The van der Waals surface area contributed by atoms with Gasteiger partial charge in [-0.15, -0.1) is 22.7 Å². The molecule has 20 heavy (non-hydrogen) atoms. The number of aryl methyl sites for hydroxylation is 2. The van der Waals surface area contributed by atoms with Crippen LogP contribution >= 0.6 is 22.7 Å². The number of carbonyl (C=O) groups is 2. The Morgan fingerprint density at radius 3 is 1.60 bits per heavy atom. The molecule has 2 aliphatic rings. The normalized spacial score (nSPS) is 18.0. The number of hydrogen-bond acceptors (Lipinski definition) is 4. The molecule has 0 N–H and O–H groups in total. The summed E-state index contributed by atoms with van der Waals surface area (Å²) >= 11 is 3.28. The lowest BCUT2D eigenvalue weighted by Crippen LogP contribution is -2.11. The van der Waals surface area contributed by atoms with E-state index in [1.807, 2.05) is 0 Å². The molecular weight excluding hydrogens is 288 g/mol. The number of fused-ring (bicyclic) bond motifs is 2. The van der Waals surface area contributed by atoms with Gasteiger partial charge in [-0.1, -0.05) is 0 Å². The monoisotopic (exact) mass is 302 g/mol. The van der Waals surface area contributed by atoms with Crippen molar-refractivity contribution in [3.05, 3.63) is 33.0 Å². The lowest BCUT2D eigenvalue weighted by Gasteiger charge is -2.14. The maximum atomic E-state index is 12.2. The third kappa shape index (κ3) is 1.75. The molecule has 0 atom stereocenters. The molecule has 2 aliphatic carbocycles. The average Bonchev–Trinajstić information content (AvgIpc) is 3.03. The van der Waals surface area contributed by atoms with E-state index < -0.39 is 0 Å². The van der Waals surface area contributed by atoms with E-state index in [-0.39, 0.29) is 11.6 Å². The van der Waals surface area contributed by atoms with Gasteiger partial charge in [0.2, 0.25) is 0 Å². The summed E-state index contributed by atoms with van der Waals surface area (Å²) in [5.41, 5.74) is 4.19. The molecule has 0 spiro atoms. The van der Waals surface area contributed by atoms with E-state index >= 15 is 0 Å². The molecule has 0 amide bonds. The zero-order chi connectivity index (χ0) is 13.7. The van der Waals surface area contributed by atoms with Gasteiger partial charge in [0.1, 0.15) is 0 Å². The quantitative estimate of drug-likeness (QED) is 0.776. The van der Waals surface area contributed by atoms with E-state index in [2.05, 4.69) is 10.8 Å². The van der Waals surface area contributed by atoms with E-state index in [0.29, 0.717) is 12.8 Å². The van der Waals surface area contributed by atoms with E-state index in [1.54, 1.807) is 22.7 Å². The van der Waals surface area contributed by atoms with Gasteiger partial charge >= 0.3 is 0 Å². The topological polar surface area (TPSA) is 34.1 Å². The van der Waals surface area contributed by atoms with Crippen LogP contribution in [0, 0.1) is 0 Å². The Labute approximate surface area is 125 Å². The number of Topliss-reactive ketones (excluding diaryl/α,β-unsaturated/α-hetero) is 2. The van der Waals surface area contributed by atoms with Crippen LogP contribution in [0.15, 0.2) is 10.8 Å². The van der Waals surface area contributed by atoms with Gasteiger partial charge in [0.05, 0.1) is 9.75 Å². The summed E-state index contributed by atoms with van der Waals surface area (Å²) in [6.45, 7) is 0. The van der Waals surface area contributed by atoms with Crippen LogP contribution in [-0.2, 0) is 12.8 Å². The van der Waals surface area contributed by atoms with Crippen molar-refractivity contribution in [2.45, 2.75) is 38.5 Å². The highest BCUT2D eigenvalue weighted by molar-refractivity contribution is 7.21. The van der Waals surface area contributed by atoms with Gasteiger partial charge in [0, 0.05) is 24.0 Å². The molecular formula is C16H14O2S2. The van der Waals surface area contributed by atoms with Gasteiger partial charge in [-0.2, -0.15) is 0 Å². The summed E-state index contributed by atoms with van der Waals surface area (Å²) in [4.78, 5) is 26.6. The first-order chi connectivity index (χ1) is 9.75. The third-order valence-corrected chi connectivity index (χ3v) is 6.42. The highest BCUT2D eigenvalue weighted by atomic mass is 32.1. The van der Waals surface area contributed by atoms with Crippen LogP contribution < -0.4 is 0 Å². The Balaban J connectivity index is 1.91. The molecule has 0 saturated heterocycles. The summed E-state index contributed by atoms with van der Waals surface area (Å²) in [6.07, 6.45) is 5.22.